The van der Waals surface area contributed by atoms with Crippen LogP contribution < -0.4 is 0 Å². The molecular weight excluding hydrogens is 336 g/mol. The van der Waals surface area contributed by atoms with Crippen molar-refractivity contribution in [3.63, 3.8) is 0 Å². The lowest BCUT2D eigenvalue weighted by Gasteiger charge is -2.37. The number of aryl methyl sites for hydroxylation is 1. The first kappa shape index (κ1) is 18.8. The second-order valence-corrected chi connectivity index (χ2v) is 7.32. The van der Waals surface area contributed by atoms with Gasteiger partial charge < -0.3 is 19.1 Å². The van der Waals surface area contributed by atoms with E-state index >= 15 is 0 Å². The zero-order valence-electron chi connectivity index (χ0n) is 15.6. The fourth-order valence-corrected chi connectivity index (χ4v) is 3.91. The Bertz CT molecular complexity index is 624. The number of rotatable bonds is 5. The second-order valence-electron chi connectivity index (χ2n) is 7.32. The highest BCUT2D eigenvalue weighted by Crippen LogP contribution is 2.25. The predicted molar refractivity (Wildman–Crippen MR) is 93.2 cm³/mol. The van der Waals surface area contributed by atoms with E-state index in [0.29, 0.717) is 24.2 Å². The Labute approximate surface area is 153 Å². The van der Waals surface area contributed by atoms with Crippen LogP contribution in [0.5, 0.6) is 0 Å². The van der Waals surface area contributed by atoms with Crippen LogP contribution in [0.25, 0.3) is 0 Å². The van der Waals surface area contributed by atoms with E-state index in [0.717, 1.165) is 51.7 Å². The predicted octanol–water partition coefficient (Wildman–Crippen LogP) is 1.04. The van der Waals surface area contributed by atoms with Gasteiger partial charge in [0.25, 0.3) is 0 Å². The third-order valence-electron chi connectivity index (χ3n) is 5.35. The number of hydrogen-bond donors (Lipinski definition) is 0. The standard InChI is InChI=1S/C18H28N4O4/c1-13-19-16(26-20-13)10-14-5-8-21(9-6-14)18(24)15-4-3-7-22(11-15)17(23)12-25-2/h14-15H,3-12H2,1-2H3. The zero-order valence-corrected chi connectivity index (χ0v) is 15.6. The van der Waals surface area contributed by atoms with E-state index < -0.39 is 0 Å². The van der Waals surface area contributed by atoms with Gasteiger partial charge in [-0.05, 0) is 38.5 Å². The lowest BCUT2D eigenvalue weighted by Crippen LogP contribution is -2.49. The van der Waals surface area contributed by atoms with Gasteiger partial charge in [0.05, 0.1) is 5.92 Å². The zero-order chi connectivity index (χ0) is 18.5. The van der Waals surface area contributed by atoms with Gasteiger partial charge >= 0.3 is 0 Å². The lowest BCUT2D eigenvalue weighted by molar-refractivity contribution is -0.143. The van der Waals surface area contributed by atoms with Gasteiger partial charge in [-0.1, -0.05) is 5.16 Å². The molecule has 1 unspecified atom stereocenters. The van der Waals surface area contributed by atoms with E-state index in [9.17, 15) is 9.59 Å². The summed E-state index contributed by atoms with van der Waals surface area (Å²) in [5, 5.41) is 3.83. The summed E-state index contributed by atoms with van der Waals surface area (Å²) in [5.41, 5.74) is 0. The number of amides is 2. The molecule has 0 radical (unpaired) electrons. The molecule has 0 N–H and O–H groups in total. The van der Waals surface area contributed by atoms with Gasteiger partial charge in [0.15, 0.2) is 5.82 Å². The van der Waals surface area contributed by atoms with Crippen LogP contribution in [0.4, 0.5) is 0 Å². The van der Waals surface area contributed by atoms with Crippen molar-refractivity contribution in [2.45, 2.75) is 39.0 Å². The number of methoxy groups -OCH3 is 1. The van der Waals surface area contributed by atoms with E-state index in [1.807, 2.05) is 11.8 Å². The van der Waals surface area contributed by atoms with Crippen LogP contribution in [0.15, 0.2) is 4.52 Å². The summed E-state index contributed by atoms with van der Waals surface area (Å²) in [4.78, 5) is 32.9. The molecule has 1 aromatic rings. The summed E-state index contributed by atoms with van der Waals surface area (Å²) in [5.74, 6) is 1.90. The fourth-order valence-electron chi connectivity index (χ4n) is 3.91. The average Bonchev–Trinajstić information content (AvgIpc) is 3.07. The molecule has 0 bridgehead atoms. The van der Waals surface area contributed by atoms with Crippen molar-refractivity contribution >= 4 is 11.8 Å². The second kappa shape index (κ2) is 8.62. The van der Waals surface area contributed by atoms with Gasteiger partial charge in [-0.3, -0.25) is 9.59 Å². The first-order chi connectivity index (χ1) is 12.6. The maximum atomic E-state index is 12.9. The summed E-state index contributed by atoms with van der Waals surface area (Å²) in [6.45, 7) is 4.67. The molecule has 3 rings (SSSR count). The summed E-state index contributed by atoms with van der Waals surface area (Å²) in [6, 6.07) is 0. The number of carbonyl (C=O) groups is 2. The molecule has 3 heterocycles. The van der Waals surface area contributed by atoms with Crippen LogP contribution in [-0.4, -0.2) is 71.7 Å². The Morgan fingerprint density at radius 1 is 1.19 bits per heavy atom. The number of aromatic nitrogens is 2. The highest BCUT2D eigenvalue weighted by atomic mass is 16.5. The van der Waals surface area contributed by atoms with Gasteiger partial charge in [-0.15, -0.1) is 0 Å². The molecule has 2 fully saturated rings. The van der Waals surface area contributed by atoms with Crippen molar-refractivity contribution in [2.24, 2.45) is 11.8 Å². The van der Waals surface area contributed by atoms with Crippen LogP contribution in [-0.2, 0) is 20.7 Å². The van der Waals surface area contributed by atoms with Crippen molar-refractivity contribution in [3.05, 3.63) is 11.7 Å². The van der Waals surface area contributed by atoms with Gasteiger partial charge in [0.1, 0.15) is 6.61 Å². The number of piperidine rings is 2. The van der Waals surface area contributed by atoms with Crippen LogP contribution in [0.1, 0.15) is 37.4 Å². The number of ether oxygens (including phenoxy) is 1. The largest absolute Gasteiger partial charge is 0.375 e. The van der Waals surface area contributed by atoms with E-state index in [1.54, 1.807) is 4.90 Å². The highest BCUT2D eigenvalue weighted by molar-refractivity contribution is 5.82. The molecule has 1 aromatic heterocycles. The third-order valence-corrected chi connectivity index (χ3v) is 5.35. The number of carbonyl (C=O) groups excluding carboxylic acids is 2. The fraction of sp³-hybridized carbons (Fsp3) is 0.778. The molecule has 2 amide bonds. The quantitative estimate of drug-likeness (QED) is 0.776. The van der Waals surface area contributed by atoms with Crippen molar-refractivity contribution in [1.82, 2.24) is 19.9 Å². The Morgan fingerprint density at radius 2 is 1.96 bits per heavy atom. The van der Waals surface area contributed by atoms with Crippen LogP contribution in [0.2, 0.25) is 0 Å². The summed E-state index contributed by atoms with van der Waals surface area (Å²) < 4.78 is 10.1. The molecule has 2 saturated heterocycles. The first-order valence-electron chi connectivity index (χ1n) is 9.41. The molecule has 0 aromatic carbocycles. The minimum Gasteiger partial charge on any atom is -0.375 e. The van der Waals surface area contributed by atoms with Gasteiger partial charge in [-0.25, -0.2) is 0 Å². The summed E-state index contributed by atoms with van der Waals surface area (Å²) >= 11 is 0. The van der Waals surface area contributed by atoms with Gasteiger partial charge in [0, 0.05) is 39.7 Å². The molecule has 2 aliphatic heterocycles. The first-order valence-corrected chi connectivity index (χ1v) is 9.41. The average molecular weight is 364 g/mol. The van der Waals surface area contributed by atoms with Gasteiger partial charge in [0.2, 0.25) is 17.7 Å². The smallest absolute Gasteiger partial charge is 0.248 e. The minimum atomic E-state index is -0.0836. The van der Waals surface area contributed by atoms with E-state index in [2.05, 4.69) is 10.1 Å². The molecule has 8 heteroatoms. The van der Waals surface area contributed by atoms with E-state index in [4.69, 9.17) is 9.26 Å². The highest BCUT2D eigenvalue weighted by Gasteiger charge is 2.33. The summed E-state index contributed by atoms with van der Waals surface area (Å²) in [6.07, 6.45) is 4.42. The number of nitrogens with zero attached hydrogens (tertiary/aromatic N) is 4. The molecule has 0 aliphatic carbocycles. The molecular formula is C18H28N4O4. The topological polar surface area (TPSA) is 88.8 Å². The van der Waals surface area contributed by atoms with Crippen molar-refractivity contribution < 1.29 is 18.8 Å². The summed E-state index contributed by atoms with van der Waals surface area (Å²) in [7, 11) is 1.52. The molecule has 2 aliphatic rings. The van der Waals surface area contributed by atoms with Crippen LogP contribution in [0, 0.1) is 18.8 Å². The molecule has 26 heavy (non-hydrogen) atoms. The van der Waals surface area contributed by atoms with E-state index in [1.165, 1.54) is 7.11 Å². The molecule has 8 nitrogen and oxygen atoms in total. The third kappa shape index (κ3) is 4.60. The maximum Gasteiger partial charge on any atom is 0.248 e. The van der Waals surface area contributed by atoms with Crippen LogP contribution >= 0.6 is 0 Å². The number of hydrogen-bond acceptors (Lipinski definition) is 6. The normalized spacial score (nSPS) is 21.8. The van der Waals surface area contributed by atoms with E-state index in [-0.39, 0.29) is 24.3 Å². The Kier molecular flexibility index (Phi) is 6.24. The van der Waals surface area contributed by atoms with Gasteiger partial charge in [-0.2, -0.15) is 4.98 Å². The maximum absolute atomic E-state index is 12.9. The molecule has 0 spiro atoms. The van der Waals surface area contributed by atoms with Crippen molar-refractivity contribution in [1.29, 1.82) is 0 Å². The number of likely N-dealkylation sites (tertiary alicyclic amines) is 2. The monoisotopic (exact) mass is 364 g/mol. The Hall–Kier alpha value is -1.96. The Morgan fingerprint density at radius 3 is 2.62 bits per heavy atom. The minimum absolute atomic E-state index is 0.0291. The molecule has 0 saturated carbocycles. The Balaban J connectivity index is 1.47. The van der Waals surface area contributed by atoms with Crippen molar-refractivity contribution in [2.75, 3.05) is 39.9 Å². The molecule has 1 atom stereocenters. The molecule has 144 valence electrons. The van der Waals surface area contributed by atoms with Crippen LogP contribution in [0.3, 0.4) is 0 Å². The lowest BCUT2D eigenvalue weighted by atomic mass is 9.91. The SMILES string of the molecule is COCC(=O)N1CCCC(C(=O)N2CCC(Cc3nc(C)no3)CC2)C1. The van der Waals surface area contributed by atoms with Crippen molar-refractivity contribution in [3.8, 4) is 0 Å².